The molecule has 0 rings (SSSR count). The van der Waals surface area contributed by atoms with E-state index in [0.29, 0.717) is 5.41 Å². The van der Waals surface area contributed by atoms with Gasteiger partial charge in [-0.05, 0) is 19.3 Å². The average Bonchev–Trinajstić information content (AvgIpc) is 2.25. The molecule has 0 heterocycles. The zero-order chi connectivity index (χ0) is 11.6. The van der Waals surface area contributed by atoms with Crippen molar-refractivity contribution in [3.63, 3.8) is 0 Å². The summed E-state index contributed by atoms with van der Waals surface area (Å²) < 4.78 is 5.81. The van der Waals surface area contributed by atoms with E-state index in [9.17, 15) is 0 Å². The Labute approximate surface area is 104 Å². The zero-order valence-corrected chi connectivity index (χ0v) is 12.2. The number of rotatable bonds is 10. The first kappa shape index (κ1) is 15.4. The molecular formula is C13H27BrO. The van der Waals surface area contributed by atoms with Crippen molar-refractivity contribution in [2.45, 2.75) is 59.3 Å². The van der Waals surface area contributed by atoms with Crippen LogP contribution in [0.4, 0.5) is 0 Å². The van der Waals surface area contributed by atoms with Gasteiger partial charge in [0.05, 0.1) is 6.61 Å². The molecule has 0 bridgehead atoms. The summed E-state index contributed by atoms with van der Waals surface area (Å²) in [6.45, 7) is 8.59. The first-order valence-corrected chi connectivity index (χ1v) is 7.50. The molecule has 0 aromatic rings. The lowest BCUT2D eigenvalue weighted by Gasteiger charge is -2.31. The van der Waals surface area contributed by atoms with Crippen LogP contribution in [-0.4, -0.2) is 18.5 Å². The fourth-order valence-corrected chi connectivity index (χ4v) is 2.76. The monoisotopic (exact) mass is 278 g/mol. The smallest absolute Gasteiger partial charge is 0.0530 e. The Balaban J connectivity index is 3.96. The topological polar surface area (TPSA) is 9.23 Å². The Bertz CT molecular complexity index is 130. The van der Waals surface area contributed by atoms with Crippen LogP contribution in [0.25, 0.3) is 0 Å². The van der Waals surface area contributed by atoms with E-state index in [4.69, 9.17) is 4.74 Å². The fourth-order valence-electron chi connectivity index (χ4n) is 2.04. The Hall–Kier alpha value is 0.440. The maximum absolute atomic E-state index is 5.81. The van der Waals surface area contributed by atoms with E-state index in [-0.39, 0.29) is 0 Å². The largest absolute Gasteiger partial charge is 0.381 e. The van der Waals surface area contributed by atoms with Crippen molar-refractivity contribution in [2.24, 2.45) is 5.41 Å². The minimum atomic E-state index is 0.386. The Morgan fingerprint density at radius 1 is 1.00 bits per heavy atom. The summed E-state index contributed by atoms with van der Waals surface area (Å²) in [5, 5.41) is 1.08. The highest BCUT2D eigenvalue weighted by Crippen LogP contribution is 2.32. The number of alkyl halides is 1. The molecule has 0 aromatic carbocycles. The molecule has 0 aliphatic heterocycles. The number of hydrogen-bond donors (Lipinski definition) is 0. The van der Waals surface area contributed by atoms with E-state index in [1.807, 2.05) is 0 Å². The molecule has 0 aliphatic carbocycles. The van der Waals surface area contributed by atoms with Gasteiger partial charge in [-0.25, -0.2) is 0 Å². The maximum Gasteiger partial charge on any atom is 0.0530 e. The molecule has 0 saturated heterocycles. The summed E-state index contributed by atoms with van der Waals surface area (Å²) in [6, 6.07) is 0. The van der Waals surface area contributed by atoms with Crippen LogP contribution in [0.15, 0.2) is 0 Å². The summed E-state index contributed by atoms with van der Waals surface area (Å²) in [6.07, 6.45) is 7.47. The van der Waals surface area contributed by atoms with Crippen molar-refractivity contribution in [2.75, 3.05) is 18.5 Å². The van der Waals surface area contributed by atoms with Crippen LogP contribution < -0.4 is 0 Å². The molecule has 0 aliphatic rings. The molecule has 0 fully saturated rings. The molecule has 2 heteroatoms. The lowest BCUT2D eigenvalue weighted by atomic mass is 9.82. The highest BCUT2D eigenvalue weighted by Gasteiger charge is 2.27. The predicted molar refractivity (Wildman–Crippen MR) is 71.8 cm³/mol. The second-order valence-corrected chi connectivity index (χ2v) is 5.10. The Kier molecular flexibility index (Phi) is 9.93. The summed E-state index contributed by atoms with van der Waals surface area (Å²) >= 11 is 3.66. The van der Waals surface area contributed by atoms with E-state index in [0.717, 1.165) is 18.5 Å². The quantitative estimate of drug-likeness (QED) is 0.413. The molecule has 1 nitrogen and oxygen atoms in total. The van der Waals surface area contributed by atoms with Crippen LogP contribution in [0, 0.1) is 5.41 Å². The second-order valence-electron chi connectivity index (χ2n) is 4.54. The van der Waals surface area contributed by atoms with Gasteiger partial charge in [0.2, 0.25) is 0 Å². The van der Waals surface area contributed by atoms with Crippen LogP contribution in [-0.2, 0) is 4.74 Å². The van der Waals surface area contributed by atoms with Crippen molar-refractivity contribution in [1.29, 1.82) is 0 Å². The number of hydrogen-bond acceptors (Lipinski definition) is 1. The van der Waals surface area contributed by atoms with E-state index in [1.165, 1.54) is 38.5 Å². The molecule has 15 heavy (non-hydrogen) atoms. The lowest BCUT2D eigenvalue weighted by molar-refractivity contribution is 0.0440. The van der Waals surface area contributed by atoms with Gasteiger partial charge in [-0.2, -0.15) is 0 Å². The van der Waals surface area contributed by atoms with Crippen molar-refractivity contribution < 1.29 is 4.74 Å². The average molecular weight is 279 g/mol. The van der Waals surface area contributed by atoms with Gasteiger partial charge < -0.3 is 4.74 Å². The van der Waals surface area contributed by atoms with Gasteiger partial charge in [-0.3, -0.25) is 0 Å². The van der Waals surface area contributed by atoms with Gasteiger partial charge in [-0.15, -0.1) is 0 Å². The van der Waals surface area contributed by atoms with Crippen molar-refractivity contribution in [3.8, 4) is 0 Å². The Morgan fingerprint density at radius 2 is 1.60 bits per heavy atom. The zero-order valence-electron chi connectivity index (χ0n) is 10.7. The van der Waals surface area contributed by atoms with Crippen LogP contribution in [0.3, 0.4) is 0 Å². The molecule has 0 atom stereocenters. The SMILES string of the molecule is CCCCOCC(CBr)(CCC)CCC. The summed E-state index contributed by atoms with van der Waals surface area (Å²) in [7, 11) is 0. The highest BCUT2D eigenvalue weighted by molar-refractivity contribution is 9.09. The first-order chi connectivity index (χ1) is 7.24. The van der Waals surface area contributed by atoms with Crippen LogP contribution in [0.2, 0.25) is 0 Å². The number of ether oxygens (including phenoxy) is 1. The summed E-state index contributed by atoms with van der Waals surface area (Å²) in [5.74, 6) is 0. The second kappa shape index (κ2) is 9.65. The third kappa shape index (κ3) is 6.57. The molecule has 0 saturated carbocycles. The van der Waals surface area contributed by atoms with E-state index < -0.39 is 0 Å². The van der Waals surface area contributed by atoms with Crippen molar-refractivity contribution in [1.82, 2.24) is 0 Å². The van der Waals surface area contributed by atoms with Crippen molar-refractivity contribution in [3.05, 3.63) is 0 Å². The minimum absolute atomic E-state index is 0.386. The number of unbranched alkanes of at least 4 members (excludes halogenated alkanes) is 1. The molecule has 0 N–H and O–H groups in total. The maximum atomic E-state index is 5.81. The predicted octanol–water partition coefficient (Wildman–Crippen LogP) is 4.78. The van der Waals surface area contributed by atoms with E-state index >= 15 is 0 Å². The minimum Gasteiger partial charge on any atom is -0.381 e. The van der Waals surface area contributed by atoms with Gasteiger partial charge in [-0.1, -0.05) is 56.0 Å². The van der Waals surface area contributed by atoms with Gasteiger partial charge >= 0.3 is 0 Å². The summed E-state index contributed by atoms with van der Waals surface area (Å²) in [4.78, 5) is 0. The van der Waals surface area contributed by atoms with Crippen LogP contribution in [0.1, 0.15) is 59.3 Å². The van der Waals surface area contributed by atoms with Crippen molar-refractivity contribution >= 4 is 15.9 Å². The van der Waals surface area contributed by atoms with E-state index in [1.54, 1.807) is 0 Å². The van der Waals surface area contributed by atoms with Gasteiger partial charge in [0.25, 0.3) is 0 Å². The van der Waals surface area contributed by atoms with Gasteiger partial charge in [0.15, 0.2) is 0 Å². The fraction of sp³-hybridized carbons (Fsp3) is 1.00. The highest BCUT2D eigenvalue weighted by atomic mass is 79.9. The lowest BCUT2D eigenvalue weighted by Crippen LogP contribution is -2.29. The normalized spacial score (nSPS) is 12.0. The number of halogens is 1. The molecular weight excluding hydrogens is 252 g/mol. The third-order valence-electron chi connectivity index (χ3n) is 2.89. The molecule has 0 radical (unpaired) electrons. The molecule has 0 aromatic heterocycles. The van der Waals surface area contributed by atoms with E-state index in [2.05, 4.69) is 36.7 Å². The first-order valence-electron chi connectivity index (χ1n) is 6.38. The summed E-state index contributed by atoms with van der Waals surface area (Å²) in [5.41, 5.74) is 0.386. The molecule has 0 amide bonds. The van der Waals surface area contributed by atoms with Gasteiger partial charge in [0, 0.05) is 17.4 Å². The van der Waals surface area contributed by atoms with Crippen LogP contribution in [0.5, 0.6) is 0 Å². The van der Waals surface area contributed by atoms with Gasteiger partial charge in [0.1, 0.15) is 0 Å². The standard InChI is InChI=1S/C13H27BrO/c1-4-7-10-15-12-13(11-14,8-5-2)9-6-3/h4-12H2,1-3H3. The van der Waals surface area contributed by atoms with Crippen LogP contribution >= 0.6 is 15.9 Å². The molecule has 0 unspecified atom stereocenters. The molecule has 92 valence electrons. The Morgan fingerprint density at radius 3 is 2.00 bits per heavy atom. The third-order valence-corrected chi connectivity index (χ3v) is 4.08. The molecule has 0 spiro atoms.